The SMILES string of the molecule is [Cr]=[C]=C=C(c1ccccc1)n1ccc2ccccc21. The van der Waals surface area contributed by atoms with Crippen LogP contribution in [0.25, 0.3) is 16.6 Å². The standard InChI is InChI=1S/C17H11N.Cr/c1-2-16(14-8-4-3-5-9-14)18-13-12-15-10-6-7-11-17(15)18;/h3-13H;. The van der Waals surface area contributed by atoms with Gasteiger partial charge in [0.1, 0.15) is 0 Å². The molecule has 1 heterocycles. The van der Waals surface area contributed by atoms with Gasteiger partial charge in [-0.1, -0.05) is 0 Å². The third-order valence-electron chi connectivity index (χ3n) is 3.06. The van der Waals surface area contributed by atoms with Gasteiger partial charge >= 0.3 is 120 Å². The van der Waals surface area contributed by atoms with Crippen LogP contribution in [0.5, 0.6) is 0 Å². The summed E-state index contributed by atoms with van der Waals surface area (Å²) in [5, 5.41) is 1.22. The van der Waals surface area contributed by atoms with E-state index in [4.69, 9.17) is 0 Å². The molecule has 0 unspecified atom stereocenters. The van der Waals surface area contributed by atoms with Crippen LogP contribution in [-0.2, 0) is 15.9 Å². The summed E-state index contributed by atoms with van der Waals surface area (Å²) < 4.78 is 5.02. The van der Waals surface area contributed by atoms with Crippen molar-refractivity contribution in [1.29, 1.82) is 0 Å². The molecule has 0 spiro atoms. The molecular formula is C17H11CrN. The van der Waals surface area contributed by atoms with Crippen LogP contribution < -0.4 is 0 Å². The molecule has 0 N–H and O–H groups in total. The summed E-state index contributed by atoms with van der Waals surface area (Å²) >= 11 is 2.76. The molecule has 19 heavy (non-hydrogen) atoms. The van der Waals surface area contributed by atoms with Gasteiger partial charge in [0.15, 0.2) is 0 Å². The van der Waals surface area contributed by atoms with Crippen LogP contribution in [0.15, 0.2) is 72.6 Å². The van der Waals surface area contributed by atoms with Crippen molar-refractivity contribution < 1.29 is 15.9 Å². The molecule has 0 aliphatic heterocycles. The molecule has 0 radical (unpaired) electrons. The van der Waals surface area contributed by atoms with Gasteiger partial charge < -0.3 is 0 Å². The first-order chi connectivity index (χ1) is 9.40. The zero-order valence-electron chi connectivity index (χ0n) is 10.2. The van der Waals surface area contributed by atoms with E-state index < -0.39 is 0 Å². The molecule has 2 heteroatoms. The van der Waals surface area contributed by atoms with E-state index in [2.05, 4.69) is 67.2 Å². The molecule has 3 rings (SSSR count). The average Bonchev–Trinajstić information content (AvgIpc) is 2.89. The van der Waals surface area contributed by atoms with Crippen molar-refractivity contribution in [3.63, 3.8) is 0 Å². The Morgan fingerprint density at radius 2 is 1.63 bits per heavy atom. The van der Waals surface area contributed by atoms with Gasteiger partial charge in [-0.2, -0.15) is 0 Å². The number of hydrogen-bond acceptors (Lipinski definition) is 0. The van der Waals surface area contributed by atoms with Crippen molar-refractivity contribution in [2.75, 3.05) is 0 Å². The molecule has 0 amide bonds. The molecule has 0 aliphatic rings. The Labute approximate surface area is 120 Å². The molecule has 2 aromatic carbocycles. The predicted octanol–water partition coefficient (Wildman–Crippen LogP) is 3.63. The van der Waals surface area contributed by atoms with Crippen molar-refractivity contribution in [3.8, 4) is 0 Å². The Kier molecular flexibility index (Phi) is 3.34. The first-order valence-corrected chi connectivity index (χ1v) is 6.66. The van der Waals surface area contributed by atoms with Crippen LogP contribution in [0.3, 0.4) is 0 Å². The molecule has 0 bridgehead atoms. The van der Waals surface area contributed by atoms with E-state index in [1.807, 2.05) is 30.3 Å². The number of aromatic nitrogens is 1. The number of fused-ring (bicyclic) bond motifs is 1. The molecule has 1 aromatic heterocycles. The van der Waals surface area contributed by atoms with Gasteiger partial charge in [-0.15, -0.1) is 0 Å². The Morgan fingerprint density at radius 3 is 2.42 bits per heavy atom. The summed E-state index contributed by atoms with van der Waals surface area (Å²) in [7, 11) is 0. The molecule has 0 atom stereocenters. The van der Waals surface area contributed by atoms with Crippen molar-refractivity contribution in [2.45, 2.75) is 0 Å². The summed E-state index contributed by atoms with van der Waals surface area (Å²) in [6.07, 6.45) is 2.07. The normalized spacial score (nSPS) is 9.89. The van der Waals surface area contributed by atoms with Crippen molar-refractivity contribution in [1.82, 2.24) is 4.57 Å². The van der Waals surface area contributed by atoms with Crippen LogP contribution in [0, 0.1) is 0 Å². The molecule has 0 aliphatic carbocycles. The second kappa shape index (κ2) is 5.29. The minimum atomic E-state index is 0.987. The van der Waals surface area contributed by atoms with Crippen molar-refractivity contribution in [3.05, 3.63) is 78.2 Å². The maximum atomic E-state index is 3.17. The van der Waals surface area contributed by atoms with Crippen LogP contribution in [0.2, 0.25) is 0 Å². The fourth-order valence-electron chi connectivity index (χ4n) is 2.19. The van der Waals surface area contributed by atoms with E-state index in [1.165, 1.54) is 10.9 Å². The summed E-state index contributed by atoms with van der Waals surface area (Å²) in [4.78, 5) is 0. The van der Waals surface area contributed by atoms with Crippen molar-refractivity contribution in [2.24, 2.45) is 0 Å². The molecule has 1 nitrogen and oxygen atoms in total. The second-order valence-electron chi connectivity index (χ2n) is 4.19. The van der Waals surface area contributed by atoms with E-state index in [1.54, 1.807) is 0 Å². The van der Waals surface area contributed by atoms with E-state index in [0.717, 1.165) is 11.3 Å². The third-order valence-corrected chi connectivity index (χ3v) is 3.22. The average molecular weight is 281 g/mol. The fourth-order valence-corrected chi connectivity index (χ4v) is 2.34. The molecule has 0 saturated heterocycles. The van der Waals surface area contributed by atoms with E-state index in [-0.39, 0.29) is 0 Å². The van der Waals surface area contributed by atoms with E-state index >= 15 is 0 Å². The maximum absolute atomic E-state index is 3.17. The van der Waals surface area contributed by atoms with Gasteiger partial charge in [0.05, 0.1) is 0 Å². The van der Waals surface area contributed by atoms with Gasteiger partial charge in [-0.3, -0.25) is 0 Å². The zero-order valence-corrected chi connectivity index (χ0v) is 11.5. The van der Waals surface area contributed by atoms with Crippen LogP contribution in [0.1, 0.15) is 5.56 Å². The molecule has 0 saturated carbocycles. The van der Waals surface area contributed by atoms with E-state index in [9.17, 15) is 0 Å². The summed E-state index contributed by atoms with van der Waals surface area (Å²) in [5.41, 5.74) is 6.44. The van der Waals surface area contributed by atoms with Gasteiger partial charge in [0, 0.05) is 0 Å². The minimum absolute atomic E-state index is 0.987. The molecular weight excluding hydrogens is 270 g/mol. The number of nitrogens with zero attached hydrogens (tertiary/aromatic N) is 1. The Hall–Kier alpha value is -2.06. The molecule has 90 valence electrons. The Bertz CT molecular complexity index is 801. The van der Waals surface area contributed by atoms with Crippen LogP contribution in [-0.4, -0.2) is 9.11 Å². The summed E-state index contributed by atoms with van der Waals surface area (Å²) in [6.45, 7) is 0. The summed E-state index contributed by atoms with van der Waals surface area (Å²) in [6, 6.07) is 20.7. The van der Waals surface area contributed by atoms with E-state index in [0.29, 0.717) is 0 Å². The van der Waals surface area contributed by atoms with Gasteiger partial charge in [0.2, 0.25) is 0 Å². The topological polar surface area (TPSA) is 4.93 Å². The second-order valence-corrected chi connectivity index (χ2v) is 4.51. The first kappa shape index (κ1) is 12.0. The third kappa shape index (κ3) is 2.27. The summed E-state index contributed by atoms with van der Waals surface area (Å²) in [5.74, 6) is 0. The fraction of sp³-hybridized carbons (Fsp3) is 0. The number of benzene rings is 2. The number of hydrogen-bond donors (Lipinski definition) is 0. The predicted molar refractivity (Wildman–Crippen MR) is 75.7 cm³/mol. The van der Waals surface area contributed by atoms with Gasteiger partial charge in [0.25, 0.3) is 0 Å². The Morgan fingerprint density at radius 1 is 0.895 bits per heavy atom. The zero-order chi connectivity index (χ0) is 13.1. The Balaban J connectivity index is 2.28. The van der Waals surface area contributed by atoms with Gasteiger partial charge in [-0.05, 0) is 0 Å². The van der Waals surface area contributed by atoms with Crippen LogP contribution in [0.4, 0.5) is 0 Å². The van der Waals surface area contributed by atoms with Crippen LogP contribution >= 0.6 is 0 Å². The number of para-hydroxylation sites is 1. The first-order valence-electron chi connectivity index (χ1n) is 6.02. The molecule has 3 aromatic rings. The van der Waals surface area contributed by atoms with Gasteiger partial charge in [-0.25, -0.2) is 0 Å². The monoisotopic (exact) mass is 281 g/mol. The van der Waals surface area contributed by atoms with Crippen molar-refractivity contribution >= 4 is 21.1 Å². The quantitative estimate of drug-likeness (QED) is 0.632. The molecule has 0 fully saturated rings. The number of rotatable bonds is 2.